The maximum absolute atomic E-state index is 14.2. The number of nitriles is 1. The van der Waals surface area contributed by atoms with Gasteiger partial charge in [0.25, 0.3) is 11.8 Å². The molecular formula is C56H67F2N11O11. The SMILES string of the molecule is N#C[C@@H]1CC(F)(F)CN1C(=O)CNC(=O)c1ccncc1-c1ccc(NC(=O)[C@H](Cc2ccc3ccccc3c2)NC(=O)C2CCC(CNC(=O)CN3CCN(CC(=O)O)CCN(CC(=O)O)CCN(CC(=O)O)CC3)CC2)cc1. The number of benzene rings is 3. The Balaban J connectivity index is 0.940. The van der Waals surface area contributed by atoms with Crippen LogP contribution in [0.15, 0.2) is 85.2 Å². The fourth-order valence-corrected chi connectivity index (χ4v) is 10.4. The van der Waals surface area contributed by atoms with Crippen LogP contribution < -0.4 is 21.3 Å². The summed E-state index contributed by atoms with van der Waals surface area (Å²) in [5.41, 5.74) is 2.26. The zero-order chi connectivity index (χ0) is 57.3. The monoisotopic (exact) mass is 1110 g/mol. The fraction of sp³-hybridized carbons (Fsp3) is 0.464. The van der Waals surface area contributed by atoms with E-state index < -0.39 is 79.1 Å². The predicted octanol–water partition coefficient (Wildman–Crippen LogP) is 2.46. The lowest BCUT2D eigenvalue weighted by Gasteiger charge is -2.33. The van der Waals surface area contributed by atoms with E-state index in [4.69, 9.17) is 0 Å². The van der Waals surface area contributed by atoms with Gasteiger partial charge < -0.3 is 41.5 Å². The minimum absolute atomic E-state index is 0.0220. The van der Waals surface area contributed by atoms with E-state index in [-0.39, 0.29) is 95.2 Å². The molecule has 1 aromatic heterocycles. The molecule has 1 aliphatic carbocycles. The first-order valence-electron chi connectivity index (χ1n) is 26.6. The average molecular weight is 1110 g/mol. The lowest BCUT2D eigenvalue weighted by atomic mass is 9.81. The number of hydrogen-bond acceptors (Lipinski definition) is 14. The van der Waals surface area contributed by atoms with E-state index in [0.29, 0.717) is 62.1 Å². The van der Waals surface area contributed by atoms with Crippen molar-refractivity contribution in [2.45, 2.75) is 56.5 Å². The second-order valence-corrected chi connectivity index (χ2v) is 20.7. The highest BCUT2D eigenvalue weighted by Crippen LogP contribution is 2.32. The molecule has 426 valence electrons. The average Bonchev–Trinajstić information content (AvgIpc) is 3.78. The van der Waals surface area contributed by atoms with Gasteiger partial charge >= 0.3 is 17.9 Å². The number of carboxylic acid groups (broad SMARTS) is 3. The number of likely N-dealkylation sites (tertiary alicyclic amines) is 1. The number of fused-ring (bicyclic) bond motifs is 1. The number of carboxylic acids is 3. The van der Waals surface area contributed by atoms with Crippen molar-refractivity contribution in [1.29, 1.82) is 5.26 Å². The van der Waals surface area contributed by atoms with Gasteiger partial charge in [0.15, 0.2) is 0 Å². The highest BCUT2D eigenvalue weighted by Gasteiger charge is 2.47. The number of alkyl halides is 2. The molecule has 7 N–H and O–H groups in total. The predicted molar refractivity (Wildman–Crippen MR) is 288 cm³/mol. The van der Waals surface area contributed by atoms with Crippen molar-refractivity contribution in [1.82, 2.24) is 45.4 Å². The summed E-state index contributed by atoms with van der Waals surface area (Å²) < 4.78 is 27.9. The van der Waals surface area contributed by atoms with E-state index in [0.717, 1.165) is 21.2 Å². The standard InChI is InChI=1S/C56H67F2N11O11/c57-56(58)27-44(28-59)69(36-56)49(71)31-62-54(79)45-15-16-60-30-46(45)40-11-13-43(14-12-40)63-55(80)47(26-38-7-8-39-3-1-2-4-42(39)25-38)64-53(78)41-9-5-37(6-10-41)29-61-48(70)32-65-17-19-66(33-50(72)73)21-23-68(35-52(76)77)24-22-67(20-18-65)34-51(74)75/h1-4,7-8,11-16,25,30,37,41,44,47H,5-6,9-10,17-24,26-27,29,31-36H2,(H,61,70)(H,62,79)(H,63,80)(H,64,78)(H,72,73)(H,74,75)(H,76,77)/t37?,41?,44-,47-/m0/s1. The van der Waals surface area contributed by atoms with Gasteiger partial charge in [-0.1, -0.05) is 54.6 Å². The van der Waals surface area contributed by atoms with Gasteiger partial charge in [0.05, 0.1) is 50.9 Å². The summed E-state index contributed by atoms with van der Waals surface area (Å²) in [7, 11) is 0. The zero-order valence-corrected chi connectivity index (χ0v) is 44.2. The maximum atomic E-state index is 14.2. The number of pyridine rings is 1. The Morgan fingerprint density at radius 2 is 1.29 bits per heavy atom. The van der Waals surface area contributed by atoms with E-state index in [2.05, 4.69) is 26.3 Å². The van der Waals surface area contributed by atoms with Crippen molar-refractivity contribution < 1.29 is 62.5 Å². The zero-order valence-electron chi connectivity index (χ0n) is 44.2. The highest BCUT2D eigenvalue weighted by atomic mass is 19.3. The smallest absolute Gasteiger partial charge is 0.317 e. The van der Waals surface area contributed by atoms with Gasteiger partial charge in [-0.05, 0) is 71.7 Å². The number of carbonyl (C=O) groups is 8. The molecular weight excluding hydrogens is 1040 g/mol. The highest BCUT2D eigenvalue weighted by molar-refractivity contribution is 6.02. The maximum Gasteiger partial charge on any atom is 0.317 e. The minimum atomic E-state index is -3.21. The Morgan fingerprint density at radius 3 is 1.86 bits per heavy atom. The van der Waals surface area contributed by atoms with Gasteiger partial charge in [-0.25, -0.2) is 8.78 Å². The number of nitrogens with one attached hydrogen (secondary N) is 4. The first kappa shape index (κ1) is 59.7. The third-order valence-electron chi connectivity index (χ3n) is 14.7. The van der Waals surface area contributed by atoms with Crippen LogP contribution in [-0.2, 0) is 40.0 Å². The third-order valence-corrected chi connectivity index (χ3v) is 14.7. The second kappa shape index (κ2) is 28.3. The molecule has 3 aromatic carbocycles. The molecule has 3 heterocycles. The number of rotatable bonds is 20. The third kappa shape index (κ3) is 17.8. The van der Waals surface area contributed by atoms with Crippen LogP contribution in [0.3, 0.4) is 0 Å². The Hall–Kier alpha value is -7.98. The van der Waals surface area contributed by atoms with E-state index >= 15 is 0 Å². The van der Waals surface area contributed by atoms with Crippen molar-refractivity contribution in [3.05, 3.63) is 96.3 Å². The molecule has 0 bridgehead atoms. The first-order chi connectivity index (χ1) is 38.3. The number of amides is 5. The summed E-state index contributed by atoms with van der Waals surface area (Å²) in [5, 5.41) is 51.3. The molecule has 4 aromatic rings. The summed E-state index contributed by atoms with van der Waals surface area (Å²) in [6, 6.07) is 21.1. The summed E-state index contributed by atoms with van der Waals surface area (Å²) >= 11 is 0. The molecule has 3 fully saturated rings. The number of hydrogen-bond donors (Lipinski definition) is 7. The molecule has 7 rings (SSSR count). The number of halogens is 2. The van der Waals surface area contributed by atoms with E-state index in [9.17, 15) is 67.7 Å². The molecule has 2 atom stereocenters. The van der Waals surface area contributed by atoms with Crippen LogP contribution in [0.4, 0.5) is 14.5 Å². The normalized spacial score (nSPS) is 20.0. The van der Waals surface area contributed by atoms with Gasteiger partial charge in [0, 0.05) is 101 Å². The van der Waals surface area contributed by atoms with E-state index in [1.54, 1.807) is 45.0 Å². The quantitative estimate of drug-likeness (QED) is 0.0669. The molecule has 24 heteroatoms. The molecule has 5 amide bonds. The van der Waals surface area contributed by atoms with Crippen molar-refractivity contribution >= 4 is 63.9 Å². The van der Waals surface area contributed by atoms with Gasteiger partial charge in [0.2, 0.25) is 23.6 Å². The van der Waals surface area contributed by atoms with Gasteiger partial charge in [-0.3, -0.25) is 62.9 Å². The lowest BCUT2D eigenvalue weighted by molar-refractivity contribution is -0.140. The van der Waals surface area contributed by atoms with Crippen LogP contribution in [0.2, 0.25) is 0 Å². The van der Waals surface area contributed by atoms with Crippen molar-refractivity contribution in [2.75, 3.05) is 103 Å². The van der Waals surface area contributed by atoms with Crippen LogP contribution in [0.5, 0.6) is 0 Å². The number of anilines is 1. The topological polar surface area (TPSA) is 298 Å². The van der Waals surface area contributed by atoms with Gasteiger partial charge in [-0.15, -0.1) is 0 Å². The largest absolute Gasteiger partial charge is 0.480 e. The van der Waals surface area contributed by atoms with Crippen LogP contribution in [0.1, 0.15) is 48.0 Å². The van der Waals surface area contributed by atoms with Crippen LogP contribution >= 0.6 is 0 Å². The molecule has 80 heavy (non-hydrogen) atoms. The van der Waals surface area contributed by atoms with Crippen LogP contribution in [-0.4, -0.2) is 208 Å². The molecule has 0 unspecified atom stereocenters. The number of aromatic nitrogens is 1. The minimum Gasteiger partial charge on any atom is -0.480 e. The lowest BCUT2D eigenvalue weighted by Crippen LogP contribution is -2.50. The van der Waals surface area contributed by atoms with Gasteiger partial charge in [-0.2, -0.15) is 5.26 Å². The molecule has 3 aliphatic rings. The van der Waals surface area contributed by atoms with Gasteiger partial charge in [0.1, 0.15) is 12.1 Å². The fourth-order valence-electron chi connectivity index (χ4n) is 10.4. The van der Waals surface area contributed by atoms with E-state index in [1.165, 1.54) is 18.5 Å². The first-order valence-corrected chi connectivity index (χ1v) is 26.6. The molecule has 2 aliphatic heterocycles. The number of aliphatic carboxylic acids is 3. The number of carbonyl (C=O) groups excluding carboxylic acids is 5. The Labute approximate surface area is 461 Å². The number of nitrogens with zero attached hydrogens (tertiary/aromatic N) is 7. The molecule has 2 saturated heterocycles. The molecule has 22 nitrogen and oxygen atoms in total. The molecule has 1 saturated carbocycles. The Morgan fingerprint density at radius 1 is 0.713 bits per heavy atom. The summed E-state index contributed by atoms with van der Waals surface area (Å²) in [6.45, 7) is 0.160. The van der Waals surface area contributed by atoms with Crippen molar-refractivity contribution in [3.8, 4) is 17.2 Å². The summed E-state index contributed by atoms with van der Waals surface area (Å²) in [5.74, 6) is -9.20. The molecule has 0 radical (unpaired) electrons. The second-order valence-electron chi connectivity index (χ2n) is 20.7. The van der Waals surface area contributed by atoms with E-state index in [1.807, 2.05) is 47.4 Å². The van der Waals surface area contributed by atoms with Crippen LogP contribution in [0, 0.1) is 23.2 Å². The van der Waals surface area contributed by atoms with Crippen molar-refractivity contribution in [3.63, 3.8) is 0 Å². The molecule has 0 spiro atoms. The Kier molecular flexibility index (Phi) is 21.1. The van der Waals surface area contributed by atoms with Crippen LogP contribution in [0.25, 0.3) is 21.9 Å². The Bertz CT molecular complexity index is 2890. The summed E-state index contributed by atoms with van der Waals surface area (Å²) in [6.07, 6.45) is 4.51. The summed E-state index contributed by atoms with van der Waals surface area (Å²) in [4.78, 5) is 115. The van der Waals surface area contributed by atoms with Crippen molar-refractivity contribution in [2.24, 2.45) is 11.8 Å².